The largest absolute Gasteiger partial charge is 0.444 e. The smallest absolute Gasteiger partial charge is 0.407 e. The Morgan fingerprint density at radius 1 is 1.41 bits per heavy atom. The number of aromatic nitrogens is 1. The number of alkyl carbamates (subject to hydrolysis) is 1. The highest BCUT2D eigenvalue weighted by molar-refractivity contribution is 6.32. The van der Waals surface area contributed by atoms with Gasteiger partial charge in [0.2, 0.25) is 0 Å². The number of rotatable bonds is 4. The number of hydrogen-bond acceptors (Lipinski definition) is 2. The lowest BCUT2D eigenvalue weighted by Gasteiger charge is -2.19. The summed E-state index contributed by atoms with van der Waals surface area (Å²) in [7, 11) is 0. The van der Waals surface area contributed by atoms with Crippen LogP contribution in [0.2, 0.25) is 5.02 Å². The predicted octanol–water partition coefficient (Wildman–Crippen LogP) is 4.75. The van der Waals surface area contributed by atoms with Crippen molar-refractivity contribution in [3.05, 3.63) is 41.1 Å². The molecule has 4 nitrogen and oxygen atoms in total. The van der Waals surface area contributed by atoms with Gasteiger partial charge in [0.1, 0.15) is 5.60 Å². The Morgan fingerprint density at radius 3 is 2.91 bits per heavy atom. The molecule has 0 aliphatic heterocycles. The van der Waals surface area contributed by atoms with Gasteiger partial charge in [0.15, 0.2) is 0 Å². The van der Waals surface area contributed by atoms with Crippen molar-refractivity contribution in [2.75, 3.05) is 6.54 Å². The maximum Gasteiger partial charge on any atom is 0.407 e. The number of carbonyl (C=O) groups is 1. The monoisotopic (exact) mass is 320 g/mol. The second-order valence-corrected chi connectivity index (χ2v) is 6.47. The average Bonchev–Trinajstić information content (AvgIpc) is 2.83. The Balaban J connectivity index is 1.84. The van der Waals surface area contributed by atoms with Gasteiger partial charge in [0.05, 0.1) is 0 Å². The van der Waals surface area contributed by atoms with E-state index in [4.69, 9.17) is 16.3 Å². The first-order chi connectivity index (χ1) is 10.3. The number of carbonyl (C=O) groups excluding carboxylic acids is 1. The number of benzene rings is 1. The molecule has 0 atom stereocenters. The fourth-order valence-corrected chi connectivity index (χ4v) is 2.23. The summed E-state index contributed by atoms with van der Waals surface area (Å²) in [5.74, 6) is 0. The number of halogens is 1. The molecule has 0 saturated heterocycles. The summed E-state index contributed by atoms with van der Waals surface area (Å²) in [6.45, 7) is 6.04. The van der Waals surface area contributed by atoms with Crippen LogP contribution in [0.5, 0.6) is 0 Å². The van der Waals surface area contributed by atoms with Crippen molar-refractivity contribution in [1.29, 1.82) is 0 Å². The summed E-state index contributed by atoms with van der Waals surface area (Å²) in [6.07, 6.45) is 6.15. The molecule has 2 rings (SSSR count). The third kappa shape index (κ3) is 4.81. The van der Waals surface area contributed by atoms with Gasteiger partial charge in [-0.3, -0.25) is 0 Å². The summed E-state index contributed by atoms with van der Waals surface area (Å²) in [5.41, 5.74) is 1.51. The van der Waals surface area contributed by atoms with Crippen LogP contribution in [0.25, 0.3) is 17.0 Å². The second-order valence-electron chi connectivity index (χ2n) is 6.06. The highest BCUT2D eigenvalue weighted by atomic mass is 35.5. The molecule has 0 fully saturated rings. The number of fused-ring (bicyclic) bond motifs is 1. The quantitative estimate of drug-likeness (QED) is 0.799. The van der Waals surface area contributed by atoms with Crippen molar-refractivity contribution >= 4 is 34.7 Å². The Morgan fingerprint density at radius 2 is 2.18 bits per heavy atom. The molecular weight excluding hydrogens is 300 g/mol. The topological polar surface area (TPSA) is 54.1 Å². The van der Waals surface area contributed by atoms with Crippen molar-refractivity contribution in [1.82, 2.24) is 10.3 Å². The van der Waals surface area contributed by atoms with Crippen molar-refractivity contribution in [2.24, 2.45) is 0 Å². The Bertz CT molecular complexity index is 684. The second kappa shape index (κ2) is 6.88. The molecule has 0 spiro atoms. The van der Waals surface area contributed by atoms with Crippen LogP contribution in [0.15, 0.2) is 30.5 Å². The van der Waals surface area contributed by atoms with Crippen molar-refractivity contribution < 1.29 is 9.53 Å². The molecule has 1 amide bonds. The molecule has 0 unspecified atom stereocenters. The Labute approximate surface area is 135 Å². The summed E-state index contributed by atoms with van der Waals surface area (Å²) < 4.78 is 5.16. The molecule has 2 N–H and O–H groups in total. The van der Waals surface area contributed by atoms with E-state index >= 15 is 0 Å². The van der Waals surface area contributed by atoms with E-state index in [0.717, 1.165) is 16.5 Å². The highest BCUT2D eigenvalue weighted by Crippen LogP contribution is 2.24. The lowest BCUT2D eigenvalue weighted by atomic mass is 10.1. The molecule has 1 heterocycles. The third-order valence-corrected chi connectivity index (χ3v) is 3.27. The van der Waals surface area contributed by atoms with Gasteiger partial charge < -0.3 is 15.0 Å². The van der Waals surface area contributed by atoms with Gasteiger partial charge in [-0.2, -0.15) is 0 Å². The number of amides is 1. The minimum absolute atomic E-state index is 0.396. The fourth-order valence-electron chi connectivity index (χ4n) is 2.00. The van der Waals surface area contributed by atoms with Crippen molar-refractivity contribution in [2.45, 2.75) is 32.8 Å². The van der Waals surface area contributed by atoms with Crippen LogP contribution in [0.4, 0.5) is 4.79 Å². The van der Waals surface area contributed by atoms with E-state index in [1.807, 2.05) is 57.3 Å². The predicted molar refractivity (Wildman–Crippen MR) is 91.2 cm³/mol. The minimum atomic E-state index is -0.473. The Kier molecular flexibility index (Phi) is 5.14. The summed E-state index contributed by atoms with van der Waals surface area (Å²) >= 11 is 6.24. The molecule has 0 aliphatic carbocycles. The highest BCUT2D eigenvalue weighted by Gasteiger charge is 2.15. The van der Waals surface area contributed by atoms with Gasteiger partial charge in [-0.1, -0.05) is 23.8 Å². The zero-order valence-electron chi connectivity index (χ0n) is 13.1. The molecular formula is C17H21ClN2O2. The molecule has 0 saturated carbocycles. The van der Waals surface area contributed by atoms with Gasteiger partial charge in [-0.15, -0.1) is 0 Å². The van der Waals surface area contributed by atoms with Crippen LogP contribution in [0, 0.1) is 0 Å². The van der Waals surface area contributed by atoms with Crippen LogP contribution < -0.4 is 5.32 Å². The van der Waals surface area contributed by atoms with Crippen molar-refractivity contribution in [3.63, 3.8) is 0 Å². The standard InChI is InChI=1S/C17H21ClN2O2/c1-17(2,3)22-16(21)20-8-5-4-6-12-10-13-7-9-19-15(13)11-14(12)18/h4,6-7,9-11,19H,5,8H2,1-3H3,(H,20,21). The number of H-pyrrole nitrogens is 1. The summed E-state index contributed by atoms with van der Waals surface area (Å²) in [5, 5.41) is 4.54. The van der Waals surface area contributed by atoms with Gasteiger partial charge in [0.25, 0.3) is 0 Å². The maximum absolute atomic E-state index is 11.5. The number of aromatic amines is 1. The van der Waals surface area contributed by atoms with Gasteiger partial charge >= 0.3 is 6.09 Å². The van der Waals surface area contributed by atoms with Crippen LogP contribution in [-0.4, -0.2) is 23.2 Å². The number of ether oxygens (including phenoxy) is 1. The fraction of sp³-hybridized carbons (Fsp3) is 0.353. The van der Waals surface area contributed by atoms with Gasteiger partial charge in [-0.25, -0.2) is 4.79 Å². The molecule has 2 aromatic rings. The Hall–Kier alpha value is -1.94. The average molecular weight is 321 g/mol. The lowest BCUT2D eigenvalue weighted by molar-refractivity contribution is 0.0529. The maximum atomic E-state index is 11.5. The number of hydrogen-bond donors (Lipinski definition) is 2. The molecule has 22 heavy (non-hydrogen) atoms. The normalized spacial score (nSPS) is 12.0. The summed E-state index contributed by atoms with van der Waals surface area (Å²) in [4.78, 5) is 14.6. The zero-order valence-corrected chi connectivity index (χ0v) is 13.8. The molecule has 1 aromatic heterocycles. The van der Waals surface area contributed by atoms with Crippen LogP contribution >= 0.6 is 11.6 Å². The van der Waals surface area contributed by atoms with Crippen LogP contribution in [0.3, 0.4) is 0 Å². The molecule has 0 aliphatic rings. The first kappa shape index (κ1) is 16.4. The number of nitrogens with one attached hydrogen (secondary N) is 2. The molecule has 0 radical (unpaired) electrons. The van der Waals surface area contributed by atoms with E-state index in [9.17, 15) is 4.79 Å². The van der Waals surface area contributed by atoms with E-state index in [1.165, 1.54) is 0 Å². The first-order valence-electron chi connectivity index (χ1n) is 7.25. The SMILES string of the molecule is CC(C)(C)OC(=O)NCCC=Cc1cc2cc[nH]c2cc1Cl. The van der Waals surface area contributed by atoms with E-state index in [0.29, 0.717) is 18.0 Å². The van der Waals surface area contributed by atoms with E-state index < -0.39 is 11.7 Å². The van der Waals surface area contributed by atoms with E-state index in [-0.39, 0.29) is 0 Å². The van der Waals surface area contributed by atoms with Crippen LogP contribution in [0.1, 0.15) is 32.8 Å². The molecule has 0 bridgehead atoms. The van der Waals surface area contributed by atoms with E-state index in [2.05, 4.69) is 10.3 Å². The van der Waals surface area contributed by atoms with E-state index in [1.54, 1.807) is 0 Å². The lowest BCUT2D eigenvalue weighted by Crippen LogP contribution is -2.32. The zero-order chi connectivity index (χ0) is 16.2. The van der Waals surface area contributed by atoms with Gasteiger partial charge in [0, 0.05) is 28.7 Å². The summed E-state index contributed by atoms with van der Waals surface area (Å²) in [6, 6.07) is 5.95. The molecule has 5 heteroatoms. The van der Waals surface area contributed by atoms with Crippen molar-refractivity contribution in [3.8, 4) is 0 Å². The molecule has 118 valence electrons. The third-order valence-electron chi connectivity index (χ3n) is 2.95. The first-order valence-corrected chi connectivity index (χ1v) is 7.63. The van der Waals surface area contributed by atoms with Crippen LogP contribution in [-0.2, 0) is 4.74 Å². The molecule has 1 aromatic carbocycles. The van der Waals surface area contributed by atoms with Gasteiger partial charge in [-0.05, 0) is 51.0 Å². The minimum Gasteiger partial charge on any atom is -0.444 e.